The molecule has 1 aliphatic rings. The van der Waals surface area contributed by atoms with Gasteiger partial charge in [-0.2, -0.15) is 0 Å². The largest absolute Gasteiger partial charge is 0.495 e. The number of hydrogen-bond donors (Lipinski definition) is 1. The maximum Gasteiger partial charge on any atom is 0.266 e. The van der Waals surface area contributed by atoms with Gasteiger partial charge in [0.25, 0.3) is 10.0 Å². The minimum absolute atomic E-state index is 0.0298. The van der Waals surface area contributed by atoms with Crippen LogP contribution in [0.4, 0.5) is 11.5 Å². The third-order valence-corrected chi connectivity index (χ3v) is 5.40. The molecule has 26 heavy (non-hydrogen) atoms. The van der Waals surface area contributed by atoms with Crippen LogP contribution in [0.15, 0.2) is 41.4 Å². The highest BCUT2D eigenvalue weighted by Gasteiger charge is 2.26. The number of methoxy groups -OCH3 is 2. The molecule has 0 unspecified atom stereocenters. The molecule has 3 rings (SSSR count). The number of aromatic nitrogens is 1. The van der Waals surface area contributed by atoms with Crippen molar-refractivity contribution in [1.29, 1.82) is 0 Å². The van der Waals surface area contributed by atoms with Crippen LogP contribution in [0.1, 0.15) is 12.8 Å². The molecule has 1 aliphatic heterocycles. The van der Waals surface area contributed by atoms with Crippen LogP contribution in [0, 0.1) is 0 Å². The van der Waals surface area contributed by atoms with Gasteiger partial charge in [-0.05, 0) is 36.8 Å². The van der Waals surface area contributed by atoms with Crippen LogP contribution in [0.25, 0.3) is 0 Å². The number of carbonyl (C=O) groups is 1. The van der Waals surface area contributed by atoms with E-state index in [0.717, 1.165) is 6.42 Å². The number of nitrogens with zero attached hydrogens (tertiary/aromatic N) is 2. The molecular weight excluding hydrogens is 358 g/mol. The number of nitrogens with one attached hydrogen (secondary N) is 1. The van der Waals surface area contributed by atoms with E-state index in [2.05, 4.69) is 9.71 Å². The zero-order valence-corrected chi connectivity index (χ0v) is 15.2. The average Bonchev–Trinajstić information content (AvgIpc) is 3.07. The zero-order valence-electron chi connectivity index (χ0n) is 14.4. The van der Waals surface area contributed by atoms with E-state index in [1.807, 2.05) is 0 Å². The molecule has 1 aromatic carbocycles. The molecule has 0 spiro atoms. The first kappa shape index (κ1) is 18.0. The van der Waals surface area contributed by atoms with E-state index >= 15 is 0 Å². The predicted octanol–water partition coefficient (Wildman–Crippen LogP) is 2.03. The molecule has 0 atom stereocenters. The summed E-state index contributed by atoms with van der Waals surface area (Å²) in [5.41, 5.74) is 0.515. The minimum atomic E-state index is -4.01. The first-order valence-electron chi connectivity index (χ1n) is 7.96. The highest BCUT2D eigenvalue weighted by molar-refractivity contribution is 7.92. The second-order valence-electron chi connectivity index (χ2n) is 5.64. The molecular formula is C17H19N3O5S. The third-order valence-electron chi connectivity index (χ3n) is 4.04. The number of carbonyl (C=O) groups excluding carboxylic acids is 1. The van der Waals surface area contributed by atoms with Gasteiger partial charge in [0.1, 0.15) is 10.6 Å². The number of pyridine rings is 1. The van der Waals surface area contributed by atoms with E-state index in [-0.39, 0.29) is 22.4 Å². The van der Waals surface area contributed by atoms with E-state index in [0.29, 0.717) is 24.4 Å². The Morgan fingerprint density at radius 3 is 2.58 bits per heavy atom. The summed E-state index contributed by atoms with van der Waals surface area (Å²) in [4.78, 5) is 17.5. The van der Waals surface area contributed by atoms with Crippen LogP contribution < -0.4 is 19.1 Å². The summed E-state index contributed by atoms with van der Waals surface area (Å²) in [6.45, 7) is 0.562. The van der Waals surface area contributed by atoms with Gasteiger partial charge in [0.15, 0.2) is 11.6 Å². The summed E-state index contributed by atoms with van der Waals surface area (Å²) in [5.74, 6) is 0.501. The SMILES string of the molecule is COc1ccc(N2CCCC2=O)cc1S(=O)(=O)Nc1ncccc1OC. The van der Waals surface area contributed by atoms with E-state index in [1.54, 1.807) is 23.1 Å². The quantitative estimate of drug-likeness (QED) is 0.827. The summed E-state index contributed by atoms with van der Waals surface area (Å²) in [7, 11) is -1.20. The van der Waals surface area contributed by atoms with Crippen molar-refractivity contribution in [2.75, 3.05) is 30.4 Å². The number of anilines is 2. The first-order chi connectivity index (χ1) is 12.5. The molecule has 1 amide bonds. The highest BCUT2D eigenvalue weighted by atomic mass is 32.2. The monoisotopic (exact) mass is 377 g/mol. The Morgan fingerprint density at radius 1 is 1.15 bits per heavy atom. The van der Waals surface area contributed by atoms with Gasteiger partial charge in [-0.1, -0.05) is 0 Å². The average molecular weight is 377 g/mol. The van der Waals surface area contributed by atoms with Gasteiger partial charge in [-0.25, -0.2) is 13.4 Å². The standard InChI is InChI=1S/C17H19N3O5S/c1-24-13-8-7-12(20-10-4-6-16(20)21)11-15(13)26(22,23)19-17-14(25-2)5-3-9-18-17/h3,5,7-9,11H,4,6,10H2,1-2H3,(H,18,19). The van der Waals surface area contributed by atoms with Crippen molar-refractivity contribution in [1.82, 2.24) is 4.98 Å². The van der Waals surface area contributed by atoms with Crippen LogP contribution in [0.5, 0.6) is 11.5 Å². The molecule has 0 bridgehead atoms. The Kier molecular flexibility index (Phi) is 4.99. The van der Waals surface area contributed by atoms with E-state index < -0.39 is 10.0 Å². The van der Waals surface area contributed by atoms with Gasteiger partial charge in [-0.15, -0.1) is 0 Å². The lowest BCUT2D eigenvalue weighted by atomic mass is 10.3. The lowest BCUT2D eigenvalue weighted by molar-refractivity contribution is -0.117. The first-order valence-corrected chi connectivity index (χ1v) is 9.45. The van der Waals surface area contributed by atoms with Crippen molar-refractivity contribution in [3.63, 3.8) is 0 Å². The van der Waals surface area contributed by atoms with Crippen LogP contribution in [0.2, 0.25) is 0 Å². The predicted molar refractivity (Wildman–Crippen MR) is 96.2 cm³/mol. The summed E-state index contributed by atoms with van der Waals surface area (Å²) in [6.07, 6.45) is 2.66. The molecule has 1 aromatic heterocycles. The Bertz CT molecular complexity index is 930. The fraction of sp³-hybridized carbons (Fsp3) is 0.294. The molecule has 0 saturated carbocycles. The molecule has 0 aliphatic carbocycles. The molecule has 0 radical (unpaired) electrons. The van der Waals surface area contributed by atoms with Gasteiger partial charge in [0, 0.05) is 24.8 Å². The summed E-state index contributed by atoms with van der Waals surface area (Å²) in [5, 5.41) is 0. The van der Waals surface area contributed by atoms with Crippen molar-refractivity contribution >= 4 is 27.4 Å². The molecule has 1 saturated heterocycles. The van der Waals surface area contributed by atoms with Crippen LogP contribution in [0.3, 0.4) is 0 Å². The second-order valence-corrected chi connectivity index (χ2v) is 7.29. The number of benzene rings is 1. The second kappa shape index (κ2) is 7.20. The molecule has 9 heteroatoms. The molecule has 1 fully saturated rings. The molecule has 138 valence electrons. The molecule has 1 N–H and O–H groups in total. The number of hydrogen-bond acceptors (Lipinski definition) is 6. The topological polar surface area (TPSA) is 97.8 Å². The van der Waals surface area contributed by atoms with Crippen LogP contribution in [-0.4, -0.2) is 40.1 Å². The number of sulfonamides is 1. The zero-order chi connectivity index (χ0) is 18.7. The van der Waals surface area contributed by atoms with Gasteiger partial charge in [-0.3, -0.25) is 9.52 Å². The Hall–Kier alpha value is -2.81. The van der Waals surface area contributed by atoms with Crippen LogP contribution >= 0.6 is 0 Å². The molecule has 2 aromatic rings. The maximum atomic E-state index is 12.9. The smallest absolute Gasteiger partial charge is 0.266 e. The lowest BCUT2D eigenvalue weighted by Gasteiger charge is -2.19. The molecule has 2 heterocycles. The van der Waals surface area contributed by atoms with Gasteiger partial charge in [0.2, 0.25) is 5.91 Å². The van der Waals surface area contributed by atoms with E-state index in [1.165, 1.54) is 32.5 Å². The van der Waals surface area contributed by atoms with Gasteiger partial charge >= 0.3 is 0 Å². The van der Waals surface area contributed by atoms with Crippen molar-refractivity contribution in [2.24, 2.45) is 0 Å². The fourth-order valence-corrected chi connectivity index (χ4v) is 3.99. The number of ether oxygens (including phenoxy) is 2. The van der Waals surface area contributed by atoms with Crippen molar-refractivity contribution in [3.05, 3.63) is 36.5 Å². The summed E-state index contributed by atoms with van der Waals surface area (Å²) >= 11 is 0. The highest BCUT2D eigenvalue weighted by Crippen LogP contribution is 2.33. The molecule has 8 nitrogen and oxygen atoms in total. The number of amides is 1. The van der Waals surface area contributed by atoms with Gasteiger partial charge in [0.05, 0.1) is 14.2 Å². The summed E-state index contributed by atoms with van der Waals surface area (Å²) < 4.78 is 38.6. The van der Waals surface area contributed by atoms with Gasteiger partial charge < -0.3 is 14.4 Å². The Morgan fingerprint density at radius 2 is 1.92 bits per heavy atom. The fourth-order valence-electron chi connectivity index (χ4n) is 2.78. The third kappa shape index (κ3) is 3.43. The summed E-state index contributed by atoms with van der Waals surface area (Å²) in [6, 6.07) is 7.87. The minimum Gasteiger partial charge on any atom is -0.495 e. The maximum absolute atomic E-state index is 12.9. The van der Waals surface area contributed by atoms with E-state index in [9.17, 15) is 13.2 Å². The van der Waals surface area contributed by atoms with E-state index in [4.69, 9.17) is 9.47 Å². The Labute approximate surface area is 151 Å². The lowest BCUT2D eigenvalue weighted by Crippen LogP contribution is -2.24. The normalized spacial score (nSPS) is 14.4. The van der Waals surface area contributed by atoms with Crippen molar-refractivity contribution in [2.45, 2.75) is 17.7 Å². The Balaban J connectivity index is 2.01. The van der Waals surface area contributed by atoms with Crippen LogP contribution in [-0.2, 0) is 14.8 Å². The van der Waals surface area contributed by atoms with Crippen molar-refractivity contribution in [3.8, 4) is 11.5 Å². The van der Waals surface area contributed by atoms with Crippen molar-refractivity contribution < 1.29 is 22.7 Å². The number of rotatable bonds is 6.